The lowest BCUT2D eigenvalue weighted by atomic mass is 10.1. The molecule has 0 aliphatic heterocycles. The van der Waals surface area contributed by atoms with E-state index in [9.17, 15) is 14.4 Å². The summed E-state index contributed by atoms with van der Waals surface area (Å²) in [4.78, 5) is 41.3. The lowest BCUT2D eigenvalue weighted by Gasteiger charge is -2.19. The fourth-order valence-electron chi connectivity index (χ4n) is 2.87. The lowest BCUT2D eigenvalue weighted by molar-refractivity contribution is -0.123. The number of hydrogen-bond acceptors (Lipinski definition) is 6. The van der Waals surface area contributed by atoms with Crippen LogP contribution in [0.2, 0.25) is 0 Å². The van der Waals surface area contributed by atoms with E-state index in [1.165, 1.54) is 19.1 Å². The van der Waals surface area contributed by atoms with E-state index in [2.05, 4.69) is 15.6 Å². The first kappa shape index (κ1) is 22.7. The summed E-state index contributed by atoms with van der Waals surface area (Å²) in [6, 6.07) is 15.2. The number of pyridine rings is 1. The highest BCUT2D eigenvalue weighted by Crippen LogP contribution is 2.22. The topological polar surface area (TPSA) is 107 Å². The molecule has 8 heteroatoms. The fourth-order valence-corrected chi connectivity index (χ4v) is 2.87. The number of nitrogens with zero attached hydrogens (tertiary/aromatic N) is 1. The number of amides is 2. The molecule has 3 rings (SSSR count). The second-order valence-corrected chi connectivity index (χ2v) is 8.12. The van der Waals surface area contributed by atoms with Crippen molar-refractivity contribution in [2.24, 2.45) is 0 Å². The van der Waals surface area contributed by atoms with Gasteiger partial charge in [-0.15, -0.1) is 0 Å². The van der Waals surface area contributed by atoms with Crippen molar-refractivity contribution in [2.75, 3.05) is 10.6 Å². The number of fused-ring (bicyclic) bond motifs is 1. The number of anilines is 2. The van der Waals surface area contributed by atoms with Crippen molar-refractivity contribution >= 4 is 40.2 Å². The quantitative estimate of drug-likeness (QED) is 0.559. The van der Waals surface area contributed by atoms with Crippen LogP contribution in [0.4, 0.5) is 16.2 Å². The van der Waals surface area contributed by atoms with Gasteiger partial charge in [0.15, 0.2) is 6.10 Å². The number of carbonyl (C=O) groups excluding carboxylic acids is 3. The maximum atomic E-state index is 12.6. The molecule has 0 saturated heterocycles. The summed E-state index contributed by atoms with van der Waals surface area (Å²) in [5.41, 5.74) is 1.22. The number of nitrogens with one attached hydrogen (secondary N) is 2. The number of ether oxygens (including phenoxy) is 2. The Labute approximate surface area is 185 Å². The average Bonchev–Trinajstić information content (AvgIpc) is 2.72. The maximum absolute atomic E-state index is 12.6. The summed E-state index contributed by atoms with van der Waals surface area (Å²) in [5, 5.41) is 6.12. The maximum Gasteiger partial charge on any atom is 0.412 e. The van der Waals surface area contributed by atoms with E-state index in [0.29, 0.717) is 11.4 Å². The Morgan fingerprint density at radius 3 is 2.47 bits per heavy atom. The van der Waals surface area contributed by atoms with E-state index in [1.807, 2.05) is 12.1 Å². The van der Waals surface area contributed by atoms with E-state index < -0.39 is 29.7 Å². The van der Waals surface area contributed by atoms with Crippen LogP contribution in [0.15, 0.2) is 60.8 Å². The van der Waals surface area contributed by atoms with Crippen LogP contribution in [-0.2, 0) is 14.3 Å². The molecule has 1 aromatic heterocycles. The number of hydrogen-bond donors (Lipinski definition) is 2. The van der Waals surface area contributed by atoms with Crippen LogP contribution in [0, 0.1) is 0 Å². The van der Waals surface area contributed by atoms with E-state index in [0.717, 1.165) is 10.9 Å². The Morgan fingerprint density at radius 2 is 1.72 bits per heavy atom. The van der Waals surface area contributed by atoms with Gasteiger partial charge in [-0.2, -0.15) is 0 Å². The van der Waals surface area contributed by atoms with Gasteiger partial charge in [-0.3, -0.25) is 15.1 Å². The van der Waals surface area contributed by atoms with Gasteiger partial charge in [0.25, 0.3) is 5.91 Å². The van der Waals surface area contributed by atoms with Crippen molar-refractivity contribution in [3.05, 3.63) is 66.4 Å². The molecule has 166 valence electrons. The number of rotatable bonds is 5. The largest absolute Gasteiger partial charge is 0.449 e. The zero-order chi connectivity index (χ0) is 23.3. The van der Waals surface area contributed by atoms with Crippen molar-refractivity contribution in [1.82, 2.24) is 4.98 Å². The molecule has 3 aromatic rings. The molecule has 0 saturated carbocycles. The first-order valence-corrected chi connectivity index (χ1v) is 10.1. The third kappa shape index (κ3) is 6.04. The van der Waals surface area contributed by atoms with Gasteiger partial charge in [-0.25, -0.2) is 9.59 Å². The van der Waals surface area contributed by atoms with E-state index in [4.69, 9.17) is 9.47 Å². The molecule has 2 N–H and O–H groups in total. The zero-order valence-electron chi connectivity index (χ0n) is 18.3. The number of esters is 1. The minimum atomic E-state index is -1.04. The molecule has 0 fully saturated rings. The minimum Gasteiger partial charge on any atom is -0.449 e. The van der Waals surface area contributed by atoms with Gasteiger partial charge in [0.05, 0.1) is 16.8 Å². The molecule has 1 heterocycles. The second kappa shape index (κ2) is 9.47. The monoisotopic (exact) mass is 435 g/mol. The van der Waals surface area contributed by atoms with Crippen LogP contribution >= 0.6 is 0 Å². The summed E-state index contributed by atoms with van der Waals surface area (Å²) < 4.78 is 10.5. The van der Waals surface area contributed by atoms with Crippen LogP contribution in [0.5, 0.6) is 0 Å². The van der Waals surface area contributed by atoms with Crippen LogP contribution in [0.25, 0.3) is 10.9 Å². The molecule has 0 radical (unpaired) electrons. The third-order valence-electron chi connectivity index (χ3n) is 4.30. The second-order valence-electron chi connectivity index (χ2n) is 8.12. The molecule has 1 unspecified atom stereocenters. The first-order valence-electron chi connectivity index (χ1n) is 10.1. The molecule has 8 nitrogen and oxygen atoms in total. The summed E-state index contributed by atoms with van der Waals surface area (Å²) >= 11 is 0. The van der Waals surface area contributed by atoms with Gasteiger partial charge in [-0.1, -0.05) is 12.1 Å². The third-order valence-corrected chi connectivity index (χ3v) is 4.30. The predicted octanol–water partition coefficient (Wildman–Crippen LogP) is 4.77. The van der Waals surface area contributed by atoms with E-state index >= 15 is 0 Å². The van der Waals surface area contributed by atoms with Crippen molar-refractivity contribution in [3.63, 3.8) is 0 Å². The SMILES string of the molecule is CC(OC(=O)c1cccc(NC(=O)OC(C)(C)C)c1)C(=O)Nc1cccc2ncccc12. The van der Waals surface area contributed by atoms with E-state index in [1.54, 1.807) is 57.3 Å². The molecular formula is C24H25N3O5. The highest BCUT2D eigenvalue weighted by atomic mass is 16.6. The Bertz CT molecular complexity index is 1150. The van der Waals surface area contributed by atoms with Crippen molar-refractivity contribution in [2.45, 2.75) is 39.4 Å². The molecule has 0 bridgehead atoms. The number of benzene rings is 2. The number of carbonyl (C=O) groups is 3. The van der Waals surface area contributed by atoms with Gasteiger partial charge < -0.3 is 14.8 Å². The molecule has 2 aromatic carbocycles. The van der Waals surface area contributed by atoms with Crippen molar-refractivity contribution in [1.29, 1.82) is 0 Å². The molecular weight excluding hydrogens is 410 g/mol. The van der Waals surface area contributed by atoms with Crippen LogP contribution in [0.3, 0.4) is 0 Å². The Hall–Kier alpha value is -3.94. The fraction of sp³-hybridized carbons (Fsp3) is 0.250. The summed E-state index contributed by atoms with van der Waals surface area (Å²) in [7, 11) is 0. The summed E-state index contributed by atoms with van der Waals surface area (Å²) in [6.07, 6.45) is -0.0123. The predicted molar refractivity (Wildman–Crippen MR) is 122 cm³/mol. The Morgan fingerprint density at radius 1 is 0.969 bits per heavy atom. The normalized spacial score (nSPS) is 12.0. The first-order chi connectivity index (χ1) is 15.1. The molecule has 2 amide bonds. The summed E-state index contributed by atoms with van der Waals surface area (Å²) in [5.74, 6) is -1.17. The smallest absolute Gasteiger partial charge is 0.412 e. The molecule has 0 spiro atoms. The van der Waals surface area contributed by atoms with Crippen LogP contribution in [0.1, 0.15) is 38.1 Å². The molecule has 0 aliphatic carbocycles. The van der Waals surface area contributed by atoms with Gasteiger partial charge in [0.2, 0.25) is 0 Å². The van der Waals surface area contributed by atoms with Crippen molar-refractivity contribution < 1.29 is 23.9 Å². The Balaban J connectivity index is 1.63. The standard InChI is InChI=1S/C24H25N3O5/c1-15(21(28)27-20-12-6-11-19-18(20)10-7-13-25-19)31-22(29)16-8-5-9-17(14-16)26-23(30)32-24(2,3)4/h5-15H,1-4H3,(H,26,30)(H,27,28). The van der Waals surface area contributed by atoms with Gasteiger partial charge in [0, 0.05) is 17.3 Å². The average molecular weight is 435 g/mol. The van der Waals surface area contributed by atoms with Crippen LogP contribution in [-0.4, -0.2) is 34.7 Å². The van der Waals surface area contributed by atoms with Crippen molar-refractivity contribution in [3.8, 4) is 0 Å². The lowest BCUT2D eigenvalue weighted by Crippen LogP contribution is -2.30. The number of aromatic nitrogens is 1. The Kier molecular flexibility index (Phi) is 6.73. The van der Waals surface area contributed by atoms with Crippen LogP contribution < -0.4 is 10.6 Å². The van der Waals surface area contributed by atoms with Gasteiger partial charge in [-0.05, 0) is 70.2 Å². The zero-order valence-corrected chi connectivity index (χ0v) is 18.3. The van der Waals surface area contributed by atoms with Gasteiger partial charge >= 0.3 is 12.1 Å². The highest BCUT2D eigenvalue weighted by Gasteiger charge is 2.21. The van der Waals surface area contributed by atoms with E-state index in [-0.39, 0.29) is 5.56 Å². The minimum absolute atomic E-state index is 0.188. The van der Waals surface area contributed by atoms with Gasteiger partial charge in [0.1, 0.15) is 5.60 Å². The molecule has 32 heavy (non-hydrogen) atoms. The molecule has 1 atom stereocenters. The summed E-state index contributed by atoms with van der Waals surface area (Å²) in [6.45, 7) is 6.74. The highest BCUT2D eigenvalue weighted by molar-refractivity contribution is 6.03. The molecule has 0 aliphatic rings.